The van der Waals surface area contributed by atoms with Crippen LogP contribution in [0.1, 0.15) is 15.9 Å². The molecule has 0 saturated carbocycles. The summed E-state index contributed by atoms with van der Waals surface area (Å²) in [5.41, 5.74) is 1.42. The highest BCUT2D eigenvalue weighted by Gasteiger charge is 2.19. The van der Waals surface area contributed by atoms with E-state index in [2.05, 4.69) is 10.2 Å². The minimum absolute atomic E-state index is 0.0348. The molecule has 154 valence electrons. The normalized spacial score (nSPS) is 11.3. The van der Waals surface area contributed by atoms with Gasteiger partial charge in [-0.3, -0.25) is 14.9 Å². The number of carbonyl (C=O) groups is 1. The first-order chi connectivity index (χ1) is 15.0. The van der Waals surface area contributed by atoms with Gasteiger partial charge in [0.05, 0.1) is 22.5 Å². The third-order valence-electron chi connectivity index (χ3n) is 4.73. The second kappa shape index (κ2) is 8.37. The number of carbonyl (C=O) groups excluding carboxylic acids is 1. The SMILES string of the molecule is O=C(N=Nc1c(O)n(Cc2ccccc2)c2ccccc12)c1ccc(Cl)c([N+](=O)[O-])c1. The number of rotatable bonds is 5. The zero-order valence-corrected chi connectivity index (χ0v) is 16.7. The minimum Gasteiger partial charge on any atom is -0.493 e. The number of fused-ring (bicyclic) bond motifs is 1. The smallest absolute Gasteiger partial charge is 0.295 e. The van der Waals surface area contributed by atoms with Gasteiger partial charge in [0.15, 0.2) is 5.69 Å². The summed E-state index contributed by atoms with van der Waals surface area (Å²) in [7, 11) is 0. The van der Waals surface area contributed by atoms with Crippen molar-refractivity contribution >= 4 is 39.8 Å². The lowest BCUT2D eigenvalue weighted by atomic mass is 10.2. The minimum atomic E-state index is -0.793. The summed E-state index contributed by atoms with van der Waals surface area (Å²) in [6.07, 6.45) is 0. The Bertz CT molecular complexity index is 1330. The van der Waals surface area contributed by atoms with Crippen LogP contribution in [-0.4, -0.2) is 20.5 Å². The molecule has 1 aromatic heterocycles. The molecule has 0 aliphatic carbocycles. The number of para-hydroxylation sites is 1. The molecule has 0 bridgehead atoms. The molecule has 4 rings (SSSR count). The molecule has 0 atom stereocenters. The van der Waals surface area contributed by atoms with E-state index in [-0.39, 0.29) is 22.2 Å². The van der Waals surface area contributed by atoms with Gasteiger partial charge in [-0.1, -0.05) is 60.1 Å². The van der Waals surface area contributed by atoms with E-state index in [0.29, 0.717) is 11.9 Å². The summed E-state index contributed by atoms with van der Waals surface area (Å²) in [5.74, 6) is -0.928. The Hall–Kier alpha value is -4.04. The van der Waals surface area contributed by atoms with E-state index >= 15 is 0 Å². The molecule has 31 heavy (non-hydrogen) atoms. The van der Waals surface area contributed by atoms with Gasteiger partial charge in [-0.2, -0.15) is 0 Å². The molecule has 0 unspecified atom stereocenters. The van der Waals surface area contributed by atoms with E-state index in [1.165, 1.54) is 12.1 Å². The highest BCUT2D eigenvalue weighted by atomic mass is 35.5. The quantitative estimate of drug-likeness (QED) is 0.240. The van der Waals surface area contributed by atoms with Gasteiger partial charge in [0.25, 0.3) is 11.6 Å². The maximum atomic E-state index is 12.4. The zero-order chi connectivity index (χ0) is 22.0. The molecule has 0 aliphatic heterocycles. The van der Waals surface area contributed by atoms with Crippen LogP contribution in [0.25, 0.3) is 10.9 Å². The van der Waals surface area contributed by atoms with Crippen LogP contribution in [0.4, 0.5) is 11.4 Å². The number of hydrogen-bond acceptors (Lipinski definition) is 5. The molecular weight excluding hydrogens is 420 g/mol. The number of benzene rings is 3. The van der Waals surface area contributed by atoms with Gasteiger partial charge in [-0.05, 0) is 23.8 Å². The summed E-state index contributed by atoms with van der Waals surface area (Å²) < 4.78 is 1.68. The van der Waals surface area contributed by atoms with E-state index in [1.807, 2.05) is 42.5 Å². The van der Waals surface area contributed by atoms with E-state index in [4.69, 9.17) is 11.6 Å². The molecule has 0 spiro atoms. The summed E-state index contributed by atoms with van der Waals surface area (Å²) in [4.78, 5) is 22.8. The predicted molar refractivity (Wildman–Crippen MR) is 116 cm³/mol. The summed E-state index contributed by atoms with van der Waals surface area (Å²) in [6.45, 7) is 0.403. The number of aromatic hydroxyl groups is 1. The Balaban J connectivity index is 1.71. The highest BCUT2D eigenvalue weighted by molar-refractivity contribution is 6.32. The Labute approximate surface area is 181 Å². The lowest BCUT2D eigenvalue weighted by molar-refractivity contribution is -0.384. The number of nitro groups is 1. The molecule has 8 nitrogen and oxygen atoms in total. The highest BCUT2D eigenvalue weighted by Crippen LogP contribution is 2.39. The molecule has 0 radical (unpaired) electrons. The fourth-order valence-electron chi connectivity index (χ4n) is 3.24. The van der Waals surface area contributed by atoms with Crippen LogP contribution < -0.4 is 0 Å². The first-order valence-electron chi connectivity index (χ1n) is 9.20. The average Bonchev–Trinajstić information content (AvgIpc) is 3.04. The average molecular weight is 435 g/mol. The summed E-state index contributed by atoms with van der Waals surface area (Å²) in [5, 5.41) is 30.0. The van der Waals surface area contributed by atoms with Gasteiger partial charge < -0.3 is 9.67 Å². The predicted octanol–water partition coefficient (Wildman–Crippen LogP) is 5.88. The van der Waals surface area contributed by atoms with Crippen molar-refractivity contribution in [3.05, 3.63) is 99.1 Å². The third-order valence-corrected chi connectivity index (χ3v) is 5.05. The Morgan fingerprint density at radius 2 is 1.77 bits per heavy atom. The van der Waals surface area contributed by atoms with Crippen LogP contribution in [0.2, 0.25) is 5.02 Å². The molecule has 9 heteroatoms. The molecule has 4 aromatic rings. The van der Waals surface area contributed by atoms with Crippen molar-refractivity contribution in [2.45, 2.75) is 6.54 Å². The van der Waals surface area contributed by atoms with E-state index in [1.54, 1.807) is 16.7 Å². The molecule has 1 amide bonds. The van der Waals surface area contributed by atoms with Crippen LogP contribution in [-0.2, 0) is 6.54 Å². The van der Waals surface area contributed by atoms with Crippen LogP contribution in [0.15, 0.2) is 83.0 Å². The van der Waals surface area contributed by atoms with Gasteiger partial charge in [0.2, 0.25) is 5.88 Å². The third kappa shape index (κ3) is 4.01. The number of nitro benzene ring substituents is 1. The number of hydrogen-bond donors (Lipinski definition) is 1. The zero-order valence-electron chi connectivity index (χ0n) is 16.0. The molecule has 0 aliphatic rings. The molecule has 0 saturated heterocycles. The van der Waals surface area contributed by atoms with Gasteiger partial charge in [-0.15, -0.1) is 10.2 Å². The van der Waals surface area contributed by atoms with Crippen molar-refractivity contribution in [3.63, 3.8) is 0 Å². The van der Waals surface area contributed by atoms with Gasteiger partial charge >= 0.3 is 0 Å². The van der Waals surface area contributed by atoms with Crippen molar-refractivity contribution in [1.29, 1.82) is 0 Å². The van der Waals surface area contributed by atoms with Crippen molar-refractivity contribution in [2.24, 2.45) is 10.2 Å². The standard InChI is InChI=1S/C22H15ClN4O4/c23-17-11-10-15(12-19(17)27(30)31)21(28)25-24-20-16-8-4-5-9-18(16)26(22(20)29)13-14-6-2-1-3-7-14/h1-12,29H,13H2. The lowest BCUT2D eigenvalue weighted by Crippen LogP contribution is -1.98. The molecular formula is C22H15ClN4O4. The topological polar surface area (TPSA) is 110 Å². The number of halogens is 1. The molecule has 1 N–H and O–H groups in total. The van der Waals surface area contributed by atoms with Crippen molar-refractivity contribution in [3.8, 4) is 5.88 Å². The van der Waals surface area contributed by atoms with E-state index in [0.717, 1.165) is 17.1 Å². The fraction of sp³-hybridized carbons (Fsp3) is 0.0455. The molecule has 3 aromatic carbocycles. The Morgan fingerprint density at radius 1 is 1.06 bits per heavy atom. The van der Waals surface area contributed by atoms with Crippen molar-refractivity contribution < 1.29 is 14.8 Å². The first kappa shape index (κ1) is 20.2. The number of amides is 1. The second-order valence-electron chi connectivity index (χ2n) is 6.69. The molecule has 0 fully saturated rings. The van der Waals surface area contributed by atoms with Crippen molar-refractivity contribution in [1.82, 2.24) is 4.57 Å². The van der Waals surface area contributed by atoms with Crippen LogP contribution in [0.3, 0.4) is 0 Å². The molecule has 1 heterocycles. The van der Waals surface area contributed by atoms with Gasteiger partial charge in [-0.25, -0.2) is 0 Å². The Kier molecular flexibility index (Phi) is 5.46. The number of aromatic nitrogens is 1. The van der Waals surface area contributed by atoms with Crippen LogP contribution >= 0.6 is 11.6 Å². The summed E-state index contributed by atoms with van der Waals surface area (Å²) in [6, 6.07) is 20.4. The fourth-order valence-corrected chi connectivity index (χ4v) is 3.42. The van der Waals surface area contributed by atoms with Crippen molar-refractivity contribution in [2.75, 3.05) is 0 Å². The second-order valence-corrected chi connectivity index (χ2v) is 7.10. The van der Waals surface area contributed by atoms with Crippen LogP contribution in [0, 0.1) is 10.1 Å². The monoisotopic (exact) mass is 434 g/mol. The van der Waals surface area contributed by atoms with Crippen LogP contribution in [0.5, 0.6) is 5.88 Å². The van der Waals surface area contributed by atoms with E-state index < -0.39 is 16.5 Å². The van der Waals surface area contributed by atoms with E-state index in [9.17, 15) is 20.0 Å². The van der Waals surface area contributed by atoms with Gasteiger partial charge in [0, 0.05) is 11.5 Å². The summed E-state index contributed by atoms with van der Waals surface area (Å²) >= 11 is 5.78. The van der Waals surface area contributed by atoms with Gasteiger partial charge in [0.1, 0.15) is 5.02 Å². The largest absolute Gasteiger partial charge is 0.493 e. The number of azo groups is 1. The Morgan fingerprint density at radius 3 is 2.52 bits per heavy atom. The lowest BCUT2D eigenvalue weighted by Gasteiger charge is -2.06. The number of nitrogens with zero attached hydrogens (tertiary/aromatic N) is 4. The first-order valence-corrected chi connectivity index (χ1v) is 9.57. The maximum Gasteiger partial charge on any atom is 0.295 e. The maximum absolute atomic E-state index is 12.4.